The van der Waals surface area contributed by atoms with Crippen LogP contribution in [0.15, 0.2) is 12.1 Å². The van der Waals surface area contributed by atoms with Gasteiger partial charge < -0.3 is 24.8 Å². The van der Waals surface area contributed by atoms with Crippen LogP contribution in [0, 0.1) is 0 Å². The first-order chi connectivity index (χ1) is 11.2. The van der Waals surface area contributed by atoms with Crippen LogP contribution in [-0.4, -0.2) is 30.1 Å². The Morgan fingerprint density at radius 2 is 2.04 bits per heavy atom. The molecule has 2 aromatic rings. The summed E-state index contributed by atoms with van der Waals surface area (Å²) in [6.07, 6.45) is 0.832. The number of methoxy groups -OCH3 is 1. The van der Waals surface area contributed by atoms with Gasteiger partial charge in [0.25, 0.3) is 0 Å². The molecule has 1 aromatic carbocycles. The fourth-order valence-electron chi connectivity index (χ4n) is 2.01. The molecular weight excluding hydrogens is 320 g/mol. The molecule has 8 nitrogen and oxygen atoms in total. The standard InChI is InChI=1S/C14H16N4O4S/c1-3-12-17-18-13(23-12)6-15-14(19)16-8-4-10-11(22-7-21-10)5-9(8)20-2/h4-5H,3,6-7H2,1-2H3,(H2,15,16,19). The van der Waals surface area contributed by atoms with Gasteiger partial charge in [-0.1, -0.05) is 18.3 Å². The maximum Gasteiger partial charge on any atom is 0.319 e. The summed E-state index contributed by atoms with van der Waals surface area (Å²) in [6.45, 7) is 2.48. The Hall–Kier alpha value is -2.55. The molecule has 0 spiro atoms. The number of hydrogen-bond donors (Lipinski definition) is 2. The Labute approximate surface area is 136 Å². The first-order valence-corrected chi connectivity index (χ1v) is 7.85. The van der Waals surface area contributed by atoms with Gasteiger partial charge in [-0.2, -0.15) is 0 Å². The maximum absolute atomic E-state index is 12.0. The number of benzene rings is 1. The largest absolute Gasteiger partial charge is 0.494 e. The van der Waals surface area contributed by atoms with E-state index < -0.39 is 0 Å². The lowest BCUT2D eigenvalue weighted by molar-refractivity contribution is 0.174. The van der Waals surface area contributed by atoms with E-state index in [-0.39, 0.29) is 12.8 Å². The molecule has 9 heteroatoms. The van der Waals surface area contributed by atoms with Crippen LogP contribution in [0.25, 0.3) is 0 Å². The third-order valence-electron chi connectivity index (χ3n) is 3.15. The summed E-state index contributed by atoms with van der Waals surface area (Å²) in [5, 5.41) is 15.2. The summed E-state index contributed by atoms with van der Waals surface area (Å²) >= 11 is 1.48. The van der Waals surface area contributed by atoms with Gasteiger partial charge in [0.15, 0.2) is 11.5 Å². The van der Waals surface area contributed by atoms with Gasteiger partial charge in [-0.3, -0.25) is 0 Å². The molecule has 0 fully saturated rings. The highest BCUT2D eigenvalue weighted by molar-refractivity contribution is 7.11. The topological polar surface area (TPSA) is 94.6 Å². The highest BCUT2D eigenvalue weighted by Crippen LogP contribution is 2.40. The van der Waals surface area contributed by atoms with Gasteiger partial charge in [0.1, 0.15) is 15.8 Å². The van der Waals surface area contributed by atoms with Crippen LogP contribution in [0.3, 0.4) is 0 Å². The summed E-state index contributed by atoms with van der Waals surface area (Å²) in [5.74, 6) is 1.65. The predicted molar refractivity (Wildman–Crippen MR) is 84.3 cm³/mol. The van der Waals surface area contributed by atoms with E-state index in [0.717, 1.165) is 16.4 Å². The average Bonchev–Trinajstić information content (AvgIpc) is 3.20. The lowest BCUT2D eigenvalue weighted by atomic mass is 10.2. The fourth-order valence-corrected chi connectivity index (χ4v) is 2.74. The molecule has 0 bridgehead atoms. The van der Waals surface area contributed by atoms with Gasteiger partial charge in [-0.05, 0) is 6.42 Å². The van der Waals surface area contributed by atoms with Crippen molar-refractivity contribution in [3.63, 3.8) is 0 Å². The molecular formula is C14H16N4O4S. The van der Waals surface area contributed by atoms with Crippen LogP contribution in [0.1, 0.15) is 16.9 Å². The van der Waals surface area contributed by atoms with Crippen LogP contribution in [-0.2, 0) is 13.0 Å². The van der Waals surface area contributed by atoms with Crippen LogP contribution < -0.4 is 24.8 Å². The van der Waals surface area contributed by atoms with E-state index in [1.807, 2.05) is 6.92 Å². The normalized spacial score (nSPS) is 12.1. The zero-order valence-corrected chi connectivity index (χ0v) is 13.5. The number of carbonyl (C=O) groups excluding carboxylic acids is 1. The summed E-state index contributed by atoms with van der Waals surface area (Å²) in [5.41, 5.74) is 0.501. The van der Waals surface area contributed by atoms with Crippen molar-refractivity contribution < 1.29 is 19.0 Å². The van der Waals surface area contributed by atoms with Crippen molar-refractivity contribution in [1.29, 1.82) is 0 Å². The molecule has 2 heterocycles. The van der Waals surface area contributed by atoms with Crippen molar-refractivity contribution in [3.05, 3.63) is 22.1 Å². The smallest absolute Gasteiger partial charge is 0.319 e. The summed E-state index contributed by atoms with van der Waals surface area (Å²) in [7, 11) is 1.52. The number of anilines is 1. The van der Waals surface area contributed by atoms with E-state index >= 15 is 0 Å². The van der Waals surface area contributed by atoms with Crippen molar-refractivity contribution >= 4 is 23.1 Å². The lowest BCUT2D eigenvalue weighted by Crippen LogP contribution is -2.28. The first-order valence-electron chi connectivity index (χ1n) is 7.03. The van der Waals surface area contributed by atoms with Gasteiger partial charge in [-0.25, -0.2) is 4.79 Å². The molecule has 1 aliphatic rings. The molecule has 0 saturated carbocycles. The third-order valence-corrected chi connectivity index (χ3v) is 4.22. The van der Waals surface area contributed by atoms with Gasteiger partial charge in [0, 0.05) is 12.1 Å². The summed E-state index contributed by atoms with van der Waals surface area (Å²) in [6, 6.07) is 2.98. The third kappa shape index (κ3) is 3.45. The van der Waals surface area contributed by atoms with E-state index in [4.69, 9.17) is 14.2 Å². The fraction of sp³-hybridized carbons (Fsp3) is 0.357. The molecule has 2 N–H and O–H groups in total. The molecule has 2 amide bonds. The number of aryl methyl sites for hydroxylation is 1. The Kier molecular flexibility index (Phi) is 4.47. The van der Waals surface area contributed by atoms with Crippen LogP contribution in [0.4, 0.5) is 10.5 Å². The number of fused-ring (bicyclic) bond motifs is 1. The van der Waals surface area contributed by atoms with Crippen LogP contribution in [0.5, 0.6) is 17.2 Å². The Morgan fingerprint density at radius 3 is 2.74 bits per heavy atom. The lowest BCUT2D eigenvalue weighted by Gasteiger charge is -2.11. The van der Waals surface area contributed by atoms with Crippen molar-refractivity contribution in [2.75, 3.05) is 19.2 Å². The summed E-state index contributed by atoms with van der Waals surface area (Å²) in [4.78, 5) is 12.0. The van der Waals surface area contributed by atoms with Crippen molar-refractivity contribution in [2.45, 2.75) is 19.9 Å². The second kappa shape index (κ2) is 6.69. The number of hydrogen-bond acceptors (Lipinski definition) is 7. The summed E-state index contributed by atoms with van der Waals surface area (Å²) < 4.78 is 15.8. The number of aromatic nitrogens is 2. The van der Waals surface area contributed by atoms with E-state index in [0.29, 0.717) is 29.5 Å². The quantitative estimate of drug-likeness (QED) is 0.869. The Bertz CT molecular complexity index is 719. The first kappa shape index (κ1) is 15.3. The molecule has 0 aliphatic carbocycles. The van der Waals surface area contributed by atoms with E-state index in [1.54, 1.807) is 12.1 Å². The second-order valence-electron chi connectivity index (χ2n) is 4.66. The molecule has 23 heavy (non-hydrogen) atoms. The van der Waals surface area contributed by atoms with E-state index in [2.05, 4.69) is 20.8 Å². The number of nitrogens with zero attached hydrogens (tertiary/aromatic N) is 2. The van der Waals surface area contributed by atoms with Crippen molar-refractivity contribution in [1.82, 2.24) is 15.5 Å². The molecule has 3 rings (SSSR count). The highest BCUT2D eigenvalue weighted by Gasteiger charge is 2.19. The molecule has 1 aromatic heterocycles. The monoisotopic (exact) mass is 336 g/mol. The van der Waals surface area contributed by atoms with Gasteiger partial charge in [-0.15, -0.1) is 10.2 Å². The van der Waals surface area contributed by atoms with Gasteiger partial charge >= 0.3 is 6.03 Å². The number of amides is 2. The number of urea groups is 1. The van der Waals surface area contributed by atoms with Crippen LogP contribution in [0.2, 0.25) is 0 Å². The zero-order valence-electron chi connectivity index (χ0n) is 12.7. The minimum Gasteiger partial charge on any atom is -0.494 e. The molecule has 0 saturated heterocycles. The average molecular weight is 336 g/mol. The number of carbonyl (C=O) groups is 1. The Morgan fingerprint density at radius 1 is 1.30 bits per heavy atom. The molecule has 0 radical (unpaired) electrons. The van der Waals surface area contributed by atoms with Gasteiger partial charge in [0.2, 0.25) is 6.79 Å². The molecule has 0 atom stereocenters. The van der Waals surface area contributed by atoms with Gasteiger partial charge in [0.05, 0.1) is 19.3 Å². The minimum absolute atomic E-state index is 0.158. The molecule has 1 aliphatic heterocycles. The molecule has 0 unspecified atom stereocenters. The van der Waals surface area contributed by atoms with Crippen molar-refractivity contribution in [3.8, 4) is 17.2 Å². The number of ether oxygens (including phenoxy) is 3. The predicted octanol–water partition coefficient (Wildman–Crippen LogP) is 2.16. The SMILES string of the molecule is CCc1nnc(CNC(=O)Nc2cc3c(cc2OC)OCO3)s1. The highest BCUT2D eigenvalue weighted by atomic mass is 32.1. The van der Waals surface area contributed by atoms with Crippen LogP contribution >= 0.6 is 11.3 Å². The van der Waals surface area contributed by atoms with E-state index in [9.17, 15) is 4.79 Å². The van der Waals surface area contributed by atoms with E-state index in [1.165, 1.54) is 18.4 Å². The van der Waals surface area contributed by atoms with Crippen molar-refractivity contribution in [2.24, 2.45) is 0 Å². The Balaban J connectivity index is 1.63. The molecule has 122 valence electrons. The minimum atomic E-state index is -0.365. The zero-order chi connectivity index (χ0) is 16.2. The number of rotatable bonds is 5. The maximum atomic E-state index is 12.0. The second-order valence-corrected chi connectivity index (χ2v) is 5.80. The number of nitrogens with one attached hydrogen (secondary N) is 2.